The molecule has 1 nitrogen and oxygen atoms in total. The van der Waals surface area contributed by atoms with Gasteiger partial charge in [-0.25, -0.2) is 0 Å². The second-order valence-electron chi connectivity index (χ2n) is 7.67. The lowest BCUT2D eigenvalue weighted by molar-refractivity contribution is -0.0813. The third kappa shape index (κ3) is 1.69. The van der Waals surface area contributed by atoms with Crippen LogP contribution in [0.5, 0.6) is 0 Å². The molecule has 0 spiro atoms. The summed E-state index contributed by atoms with van der Waals surface area (Å²) in [6.45, 7) is 0. The van der Waals surface area contributed by atoms with E-state index in [2.05, 4.69) is 0 Å². The Bertz CT molecular complexity index is 313. The lowest BCUT2D eigenvalue weighted by Crippen LogP contribution is -2.48. The smallest absolute Gasteiger partial charge is 0.0573 e. The molecule has 0 aromatic carbocycles. The van der Waals surface area contributed by atoms with Gasteiger partial charge in [0.05, 0.1) is 6.10 Å². The first-order valence-corrected chi connectivity index (χ1v) is 8.52. The first-order valence-electron chi connectivity index (χ1n) is 8.52. The summed E-state index contributed by atoms with van der Waals surface area (Å²) in [5, 5.41) is 10.5. The third-order valence-electron chi connectivity index (χ3n) is 7.12. The van der Waals surface area contributed by atoms with E-state index >= 15 is 0 Å². The maximum Gasteiger partial charge on any atom is 0.0573 e. The Morgan fingerprint density at radius 1 is 0.556 bits per heavy atom. The molecule has 7 atom stereocenters. The largest absolute Gasteiger partial charge is 0.393 e. The molecule has 0 heterocycles. The molecule has 4 aliphatic rings. The first kappa shape index (κ1) is 11.8. The van der Waals surface area contributed by atoms with Gasteiger partial charge >= 0.3 is 0 Å². The van der Waals surface area contributed by atoms with Crippen molar-refractivity contribution in [3.05, 3.63) is 0 Å². The van der Waals surface area contributed by atoms with Crippen LogP contribution in [-0.2, 0) is 0 Å². The molecule has 2 unspecified atom stereocenters. The van der Waals surface area contributed by atoms with Crippen LogP contribution in [0.4, 0.5) is 0 Å². The Morgan fingerprint density at radius 3 is 2.22 bits per heavy atom. The maximum atomic E-state index is 10.5. The number of hydrogen-bond acceptors (Lipinski definition) is 1. The summed E-state index contributed by atoms with van der Waals surface area (Å²) < 4.78 is 0. The van der Waals surface area contributed by atoms with Crippen LogP contribution in [-0.4, -0.2) is 11.2 Å². The van der Waals surface area contributed by atoms with Crippen LogP contribution in [0.1, 0.15) is 64.2 Å². The van der Waals surface area contributed by atoms with Gasteiger partial charge in [-0.15, -0.1) is 0 Å². The van der Waals surface area contributed by atoms with Crippen LogP contribution >= 0.6 is 0 Å². The Morgan fingerprint density at radius 2 is 1.28 bits per heavy atom. The van der Waals surface area contributed by atoms with Crippen LogP contribution in [0.2, 0.25) is 0 Å². The van der Waals surface area contributed by atoms with Crippen LogP contribution < -0.4 is 0 Å². The highest BCUT2D eigenvalue weighted by Crippen LogP contribution is 2.57. The van der Waals surface area contributed by atoms with Crippen LogP contribution in [0.15, 0.2) is 0 Å². The van der Waals surface area contributed by atoms with E-state index in [9.17, 15) is 5.11 Å². The minimum absolute atomic E-state index is 0.0505. The van der Waals surface area contributed by atoms with Crippen molar-refractivity contribution in [3.63, 3.8) is 0 Å². The zero-order valence-electron chi connectivity index (χ0n) is 11.6. The van der Waals surface area contributed by atoms with Gasteiger partial charge in [0.2, 0.25) is 0 Å². The number of aliphatic hydroxyl groups is 1. The molecule has 102 valence electrons. The summed E-state index contributed by atoms with van der Waals surface area (Å²) in [6.07, 6.45) is 14.2. The van der Waals surface area contributed by atoms with E-state index in [-0.39, 0.29) is 6.10 Å². The SMILES string of the molecule is OC1CCCC2CC[C@H]3[C@@H]4CCC[C@H]4CC[C@@H]3[C@@H]12. The zero-order chi connectivity index (χ0) is 12.1. The minimum Gasteiger partial charge on any atom is -0.393 e. The molecule has 0 aromatic rings. The predicted octanol–water partition coefficient (Wildman–Crippen LogP) is 4.00. The van der Waals surface area contributed by atoms with Gasteiger partial charge in [0.15, 0.2) is 0 Å². The fourth-order valence-electron chi connectivity index (χ4n) is 6.50. The topological polar surface area (TPSA) is 20.2 Å². The lowest BCUT2D eigenvalue weighted by Gasteiger charge is -2.53. The molecule has 4 aliphatic carbocycles. The Labute approximate surface area is 111 Å². The van der Waals surface area contributed by atoms with Crippen LogP contribution in [0.3, 0.4) is 0 Å². The van der Waals surface area contributed by atoms with E-state index in [1.165, 1.54) is 57.8 Å². The summed E-state index contributed by atoms with van der Waals surface area (Å²) in [7, 11) is 0. The van der Waals surface area contributed by atoms with E-state index in [1.54, 1.807) is 0 Å². The highest BCUT2D eigenvalue weighted by molar-refractivity contribution is 5.00. The van der Waals surface area contributed by atoms with Crippen molar-refractivity contribution in [2.45, 2.75) is 70.3 Å². The normalized spacial score (nSPS) is 55.5. The number of aliphatic hydroxyl groups excluding tert-OH is 1. The van der Waals surface area contributed by atoms with E-state index < -0.39 is 0 Å². The highest BCUT2D eigenvalue weighted by atomic mass is 16.3. The van der Waals surface area contributed by atoms with Crippen LogP contribution in [0, 0.1) is 35.5 Å². The standard InChI is InChI=1S/C17H28O/c18-16-6-2-4-12-8-9-14-13-5-1-3-11(13)7-10-15(14)17(12)16/h11-18H,1-10H2/t11-,12?,13+,14-,15-,16?,17-/m0/s1. The van der Waals surface area contributed by atoms with Gasteiger partial charge in [0.25, 0.3) is 0 Å². The van der Waals surface area contributed by atoms with Gasteiger partial charge < -0.3 is 5.11 Å². The Balaban J connectivity index is 1.58. The molecule has 0 saturated heterocycles. The highest BCUT2D eigenvalue weighted by Gasteiger charge is 2.50. The molecule has 0 aliphatic heterocycles. The molecule has 1 N–H and O–H groups in total. The summed E-state index contributed by atoms with van der Waals surface area (Å²) in [5.74, 6) is 5.60. The van der Waals surface area contributed by atoms with E-state index in [0.29, 0.717) is 5.92 Å². The second-order valence-corrected chi connectivity index (χ2v) is 7.67. The van der Waals surface area contributed by atoms with Crippen molar-refractivity contribution in [1.29, 1.82) is 0 Å². The molecular weight excluding hydrogens is 220 g/mol. The molecule has 0 bridgehead atoms. The quantitative estimate of drug-likeness (QED) is 0.687. The molecule has 0 aromatic heterocycles. The first-order chi connectivity index (χ1) is 8.84. The molecule has 0 amide bonds. The van der Waals surface area contributed by atoms with E-state index in [4.69, 9.17) is 0 Å². The monoisotopic (exact) mass is 248 g/mol. The van der Waals surface area contributed by atoms with Gasteiger partial charge in [0, 0.05) is 0 Å². The average Bonchev–Trinajstić information content (AvgIpc) is 2.86. The molecule has 4 saturated carbocycles. The number of hydrogen-bond donors (Lipinski definition) is 1. The molecule has 18 heavy (non-hydrogen) atoms. The van der Waals surface area contributed by atoms with Gasteiger partial charge in [-0.2, -0.15) is 0 Å². The van der Waals surface area contributed by atoms with Crippen molar-refractivity contribution >= 4 is 0 Å². The molecule has 4 fully saturated rings. The van der Waals surface area contributed by atoms with Crippen molar-refractivity contribution < 1.29 is 5.11 Å². The van der Waals surface area contributed by atoms with Gasteiger partial charge in [-0.05, 0) is 80.5 Å². The lowest BCUT2D eigenvalue weighted by atomic mass is 9.53. The van der Waals surface area contributed by atoms with Gasteiger partial charge in [0.1, 0.15) is 0 Å². The minimum atomic E-state index is 0.0505. The van der Waals surface area contributed by atoms with Gasteiger partial charge in [-0.3, -0.25) is 0 Å². The van der Waals surface area contributed by atoms with E-state index in [1.807, 2.05) is 0 Å². The summed E-state index contributed by atoms with van der Waals surface area (Å²) in [6, 6.07) is 0. The average molecular weight is 248 g/mol. The van der Waals surface area contributed by atoms with E-state index in [0.717, 1.165) is 36.0 Å². The Hall–Kier alpha value is -0.0400. The fourth-order valence-corrected chi connectivity index (χ4v) is 6.50. The third-order valence-corrected chi connectivity index (χ3v) is 7.12. The summed E-state index contributed by atoms with van der Waals surface area (Å²) >= 11 is 0. The molecule has 1 heteroatoms. The Kier molecular flexibility index (Phi) is 2.94. The van der Waals surface area contributed by atoms with Crippen molar-refractivity contribution in [1.82, 2.24) is 0 Å². The van der Waals surface area contributed by atoms with Crippen LogP contribution in [0.25, 0.3) is 0 Å². The molecule has 4 rings (SSSR count). The van der Waals surface area contributed by atoms with Crippen molar-refractivity contribution in [3.8, 4) is 0 Å². The van der Waals surface area contributed by atoms with Crippen molar-refractivity contribution in [2.75, 3.05) is 0 Å². The van der Waals surface area contributed by atoms with Crippen molar-refractivity contribution in [2.24, 2.45) is 35.5 Å². The predicted molar refractivity (Wildman–Crippen MR) is 73.1 cm³/mol. The number of fused-ring (bicyclic) bond motifs is 5. The number of rotatable bonds is 0. The molecular formula is C17H28O. The second kappa shape index (κ2) is 4.51. The van der Waals surface area contributed by atoms with Gasteiger partial charge in [-0.1, -0.05) is 19.3 Å². The molecule has 0 radical (unpaired) electrons. The zero-order valence-corrected chi connectivity index (χ0v) is 11.6. The summed E-state index contributed by atoms with van der Waals surface area (Å²) in [4.78, 5) is 0. The maximum absolute atomic E-state index is 10.5. The summed E-state index contributed by atoms with van der Waals surface area (Å²) in [5.41, 5.74) is 0. The fraction of sp³-hybridized carbons (Fsp3) is 1.00.